The molecule has 0 bridgehead atoms. The molecule has 186 valence electrons. The molecule has 0 spiro atoms. The van der Waals surface area contributed by atoms with Crippen LogP contribution in [-0.2, 0) is 74.7 Å². The van der Waals surface area contributed by atoms with Gasteiger partial charge in [-0.3, -0.25) is 0 Å². The zero-order valence-electron chi connectivity index (χ0n) is 19.0. The summed E-state index contributed by atoms with van der Waals surface area (Å²) in [7, 11) is 14.3. The van der Waals surface area contributed by atoms with Gasteiger partial charge in [0.05, 0.1) is 0 Å². The van der Waals surface area contributed by atoms with E-state index in [1.165, 1.54) is 0 Å². The minimum absolute atomic E-state index is 0. The van der Waals surface area contributed by atoms with Crippen molar-refractivity contribution in [2.24, 2.45) is 0 Å². The van der Waals surface area contributed by atoms with Gasteiger partial charge < -0.3 is 54.3 Å². The van der Waals surface area contributed by atoms with Crippen LogP contribution in [0.1, 0.15) is 0 Å². The monoisotopic (exact) mass is 602 g/mol. The van der Waals surface area contributed by atoms with E-state index in [1.807, 2.05) is 0 Å². The van der Waals surface area contributed by atoms with Crippen LogP contribution >= 0.6 is 34.4 Å². The van der Waals surface area contributed by atoms with Crippen LogP contribution in [0.4, 0.5) is 0 Å². The van der Waals surface area contributed by atoms with Gasteiger partial charge in [0.1, 0.15) is 0 Å². The molecule has 0 aromatic heterocycles. The van der Waals surface area contributed by atoms with Crippen molar-refractivity contribution in [2.75, 3.05) is 85.3 Å². The van der Waals surface area contributed by atoms with Crippen LogP contribution in [0.2, 0.25) is 0 Å². The molecule has 29 heavy (non-hydrogen) atoms. The summed E-state index contributed by atoms with van der Waals surface area (Å²) in [5.74, 6) is 0. The molecular weight excluding hydrogens is 566 g/mol. The van der Waals surface area contributed by atoms with Crippen molar-refractivity contribution < 1.29 is 74.7 Å². The summed E-state index contributed by atoms with van der Waals surface area (Å²) < 4.78 is 56.0. The Balaban J connectivity index is -0.0000000873. The second kappa shape index (κ2) is 37.2. The summed E-state index contributed by atoms with van der Waals surface area (Å²) >= 11 is 0. The Hall–Kier alpha value is 1.90. The number of hydrogen-bond donors (Lipinski definition) is 0. The van der Waals surface area contributed by atoms with Crippen LogP contribution in [0.5, 0.6) is 0 Å². The average molecular weight is 603 g/mol. The first-order chi connectivity index (χ1) is 13.4. The molecular formula is C12H36O12P4Pd. The smallest absolute Gasteiger partial charge is 0.316 e. The van der Waals surface area contributed by atoms with Crippen molar-refractivity contribution in [3.8, 4) is 0 Å². The third kappa shape index (κ3) is 34.7. The fourth-order valence-corrected chi connectivity index (χ4v) is 2.68. The Kier molecular flexibility index (Phi) is 52.9. The van der Waals surface area contributed by atoms with E-state index in [1.54, 1.807) is 85.3 Å². The van der Waals surface area contributed by atoms with Gasteiger partial charge in [0.15, 0.2) is 0 Å². The second-order valence-electron chi connectivity index (χ2n) is 3.09. The van der Waals surface area contributed by atoms with Crippen molar-refractivity contribution in [3.63, 3.8) is 0 Å². The van der Waals surface area contributed by atoms with Gasteiger partial charge in [-0.1, -0.05) is 0 Å². The Morgan fingerprint density at radius 1 is 0.241 bits per heavy atom. The summed E-state index contributed by atoms with van der Waals surface area (Å²) in [5.41, 5.74) is 0. The fraction of sp³-hybridized carbons (Fsp3) is 1.00. The van der Waals surface area contributed by atoms with E-state index in [4.69, 9.17) is 0 Å². The van der Waals surface area contributed by atoms with Gasteiger partial charge in [-0.25, -0.2) is 0 Å². The molecule has 0 N–H and O–H groups in total. The molecule has 12 nitrogen and oxygen atoms in total. The van der Waals surface area contributed by atoms with Gasteiger partial charge in [0, 0.05) is 106 Å². The van der Waals surface area contributed by atoms with E-state index in [9.17, 15) is 0 Å². The standard InChI is InChI=1S/4C3H9O3P.Pd/c4*1-4-7(5-2)6-3;/h4*1-3H3;. The molecule has 0 rings (SSSR count). The van der Waals surface area contributed by atoms with Gasteiger partial charge in [0.25, 0.3) is 0 Å². The first-order valence-electron chi connectivity index (χ1n) is 7.09. The van der Waals surface area contributed by atoms with Gasteiger partial charge >= 0.3 is 34.4 Å². The molecule has 0 aromatic rings. The van der Waals surface area contributed by atoms with Crippen LogP contribution in [0, 0.1) is 0 Å². The molecule has 0 fully saturated rings. The minimum Gasteiger partial charge on any atom is -0.316 e. The maximum absolute atomic E-state index is 4.67. The molecule has 17 heteroatoms. The van der Waals surface area contributed by atoms with Gasteiger partial charge in [-0.05, 0) is 0 Å². The Morgan fingerprint density at radius 3 is 0.310 bits per heavy atom. The van der Waals surface area contributed by atoms with Crippen molar-refractivity contribution in [3.05, 3.63) is 0 Å². The quantitative estimate of drug-likeness (QED) is 0.230. The number of rotatable bonds is 12. The van der Waals surface area contributed by atoms with E-state index >= 15 is 0 Å². The van der Waals surface area contributed by atoms with Crippen molar-refractivity contribution in [1.82, 2.24) is 0 Å². The first-order valence-corrected chi connectivity index (χ1v) is 11.5. The molecule has 0 aliphatic rings. The van der Waals surface area contributed by atoms with E-state index in [-0.39, 0.29) is 20.4 Å². The molecule has 0 unspecified atom stereocenters. The van der Waals surface area contributed by atoms with Crippen molar-refractivity contribution in [1.29, 1.82) is 0 Å². The topological polar surface area (TPSA) is 111 Å². The maximum Gasteiger partial charge on any atom is 0.331 e. The number of hydrogen-bond acceptors (Lipinski definition) is 12. The van der Waals surface area contributed by atoms with Gasteiger partial charge in [-0.15, -0.1) is 0 Å². The molecule has 0 saturated heterocycles. The van der Waals surface area contributed by atoms with E-state index in [2.05, 4.69) is 54.3 Å². The molecule has 0 atom stereocenters. The van der Waals surface area contributed by atoms with Gasteiger partial charge in [0.2, 0.25) is 0 Å². The Bertz CT molecular complexity index is 181. The third-order valence-corrected chi connectivity index (χ3v) is 5.37. The average Bonchev–Trinajstić information content (AvgIpc) is 2.75. The van der Waals surface area contributed by atoms with Crippen LogP contribution in [0.15, 0.2) is 0 Å². The van der Waals surface area contributed by atoms with Crippen molar-refractivity contribution in [2.45, 2.75) is 0 Å². The summed E-state index contributed by atoms with van der Waals surface area (Å²) in [6.07, 6.45) is 0. The molecule has 0 radical (unpaired) electrons. The zero-order chi connectivity index (χ0) is 22.8. The second-order valence-corrected chi connectivity index (χ2v) is 9.26. The minimum atomic E-state index is -1.05. The SMILES string of the molecule is COP(OC)OC.COP(OC)OC.COP(OC)OC.COP(OC)OC.[Pd]. The summed E-state index contributed by atoms with van der Waals surface area (Å²) in [6, 6.07) is 0. The first kappa shape index (κ1) is 41.2. The van der Waals surface area contributed by atoms with Crippen LogP contribution in [0.3, 0.4) is 0 Å². The summed E-state index contributed by atoms with van der Waals surface area (Å²) in [6.45, 7) is 0. The molecule has 0 amide bonds. The normalized spacial score (nSPS) is 9.93. The third-order valence-electron chi connectivity index (χ3n) is 1.79. The zero-order valence-corrected chi connectivity index (χ0v) is 24.1. The predicted molar refractivity (Wildman–Crippen MR) is 112 cm³/mol. The fourth-order valence-electron chi connectivity index (χ4n) is 0.894. The summed E-state index contributed by atoms with van der Waals surface area (Å²) in [5, 5.41) is 0. The Morgan fingerprint density at radius 2 is 0.310 bits per heavy atom. The van der Waals surface area contributed by atoms with E-state index in [0.29, 0.717) is 0 Å². The predicted octanol–water partition coefficient (Wildman–Crippen LogP) is 4.61. The van der Waals surface area contributed by atoms with E-state index < -0.39 is 34.4 Å². The van der Waals surface area contributed by atoms with Gasteiger partial charge in [-0.2, -0.15) is 0 Å². The van der Waals surface area contributed by atoms with Crippen LogP contribution in [-0.4, -0.2) is 85.3 Å². The molecule has 0 saturated carbocycles. The molecule has 0 aromatic carbocycles. The van der Waals surface area contributed by atoms with Crippen LogP contribution in [0.25, 0.3) is 0 Å². The van der Waals surface area contributed by atoms with Crippen LogP contribution < -0.4 is 0 Å². The van der Waals surface area contributed by atoms with E-state index in [0.717, 1.165) is 0 Å². The maximum atomic E-state index is 4.67. The summed E-state index contributed by atoms with van der Waals surface area (Å²) in [4.78, 5) is 0. The Labute approximate surface area is 194 Å². The molecule has 0 heterocycles. The molecule has 0 aliphatic carbocycles. The van der Waals surface area contributed by atoms with Crippen molar-refractivity contribution >= 4 is 34.4 Å². The largest absolute Gasteiger partial charge is 0.331 e. The molecule has 0 aliphatic heterocycles.